The fourth-order valence-electron chi connectivity index (χ4n) is 11.8. The van der Waals surface area contributed by atoms with Crippen molar-refractivity contribution < 1.29 is 4.42 Å². The SMILES string of the molecule is c1ccc(-c2cc3ccccc3cc2N(c2ccc(-c3ccc4oc5ccccc5c4c3)cc2)c2ccc3c(c2)C(c2ccccc2)(c2ccccc2)c2cccc(C4CCCCC4)c2-3)cc1. The zero-order valence-electron chi connectivity index (χ0n) is 37.4. The van der Waals surface area contributed by atoms with Crippen LogP contribution in [0.5, 0.6) is 0 Å². The van der Waals surface area contributed by atoms with Gasteiger partial charge in [0, 0.05) is 27.7 Å². The highest BCUT2D eigenvalue weighted by atomic mass is 16.3. The van der Waals surface area contributed by atoms with E-state index in [1.54, 1.807) is 0 Å². The van der Waals surface area contributed by atoms with Gasteiger partial charge in [-0.25, -0.2) is 0 Å². The highest BCUT2D eigenvalue weighted by Crippen LogP contribution is 2.60. The molecule has 0 N–H and O–H groups in total. The standard InChI is InChI=1S/C65H49NO/c1-5-18-45(19-6-1)54-29-17-30-59-64(54)56-38-37-53(43-60(56)65(59,50-24-9-3-10-25-50)51-26-11-4-12-27-51)66(61-42-48-23-14-13-22-47(48)40-57(61)46-20-7-2-8-21-46)52-35-32-44(33-36-52)49-34-39-63-58(41-49)55-28-15-16-31-62(55)67-63/h2-4,7-17,20-43,45H,1,5-6,18-19H2. The zero-order valence-corrected chi connectivity index (χ0v) is 37.4. The molecule has 2 aliphatic rings. The number of anilines is 3. The van der Waals surface area contributed by atoms with Crippen molar-refractivity contribution in [2.75, 3.05) is 4.90 Å². The van der Waals surface area contributed by atoms with Crippen LogP contribution in [0.4, 0.5) is 17.1 Å². The Morgan fingerprint density at radius 1 is 0.403 bits per heavy atom. The molecule has 0 saturated heterocycles. The van der Waals surface area contributed by atoms with Crippen LogP contribution in [0, 0.1) is 0 Å². The summed E-state index contributed by atoms with van der Waals surface area (Å²) in [5, 5.41) is 4.69. The second-order valence-corrected chi connectivity index (χ2v) is 18.6. The van der Waals surface area contributed by atoms with Crippen molar-refractivity contribution >= 4 is 49.8 Å². The predicted molar refractivity (Wildman–Crippen MR) is 280 cm³/mol. The summed E-state index contributed by atoms with van der Waals surface area (Å²) in [6.45, 7) is 0. The first-order chi connectivity index (χ1) is 33.2. The lowest BCUT2D eigenvalue weighted by atomic mass is 9.67. The molecule has 0 amide bonds. The van der Waals surface area contributed by atoms with Gasteiger partial charge in [0.25, 0.3) is 0 Å². The van der Waals surface area contributed by atoms with Crippen LogP contribution < -0.4 is 4.90 Å². The van der Waals surface area contributed by atoms with E-state index in [9.17, 15) is 0 Å². The first-order valence-electron chi connectivity index (χ1n) is 24.0. The Hall–Kier alpha value is -7.94. The van der Waals surface area contributed by atoms with Crippen molar-refractivity contribution in [2.45, 2.75) is 43.4 Å². The molecule has 0 bridgehead atoms. The lowest BCUT2D eigenvalue weighted by molar-refractivity contribution is 0.444. The van der Waals surface area contributed by atoms with Gasteiger partial charge in [0.05, 0.1) is 11.1 Å². The molecule has 10 aromatic carbocycles. The van der Waals surface area contributed by atoms with Crippen molar-refractivity contribution in [3.05, 3.63) is 258 Å². The van der Waals surface area contributed by atoms with Gasteiger partial charge in [-0.2, -0.15) is 0 Å². The van der Waals surface area contributed by atoms with Crippen LogP contribution in [-0.4, -0.2) is 0 Å². The van der Waals surface area contributed by atoms with Crippen LogP contribution in [0.2, 0.25) is 0 Å². The van der Waals surface area contributed by atoms with Gasteiger partial charge in [-0.15, -0.1) is 0 Å². The molecule has 0 aliphatic heterocycles. The van der Waals surface area contributed by atoms with Crippen LogP contribution in [-0.2, 0) is 5.41 Å². The third-order valence-electron chi connectivity index (χ3n) is 14.9. The Balaban J connectivity index is 1.06. The summed E-state index contributed by atoms with van der Waals surface area (Å²) < 4.78 is 6.22. The van der Waals surface area contributed by atoms with Gasteiger partial charge in [0.15, 0.2) is 0 Å². The average molecular weight is 860 g/mol. The molecule has 1 aromatic heterocycles. The first kappa shape index (κ1) is 39.4. The molecule has 320 valence electrons. The second-order valence-electron chi connectivity index (χ2n) is 18.6. The lowest BCUT2D eigenvalue weighted by Crippen LogP contribution is -2.29. The highest BCUT2D eigenvalue weighted by molar-refractivity contribution is 6.06. The Morgan fingerprint density at radius 2 is 1.03 bits per heavy atom. The largest absolute Gasteiger partial charge is 0.456 e. The van der Waals surface area contributed by atoms with Gasteiger partial charge in [-0.05, 0) is 140 Å². The van der Waals surface area contributed by atoms with E-state index < -0.39 is 5.41 Å². The average Bonchev–Trinajstić information content (AvgIpc) is 3.93. The van der Waals surface area contributed by atoms with E-state index in [0.717, 1.165) is 50.1 Å². The Morgan fingerprint density at radius 3 is 1.78 bits per heavy atom. The van der Waals surface area contributed by atoms with Crippen LogP contribution in [0.25, 0.3) is 66.1 Å². The minimum absolute atomic E-state index is 0.537. The molecule has 0 radical (unpaired) electrons. The Kier molecular flexibility index (Phi) is 9.53. The molecular weight excluding hydrogens is 811 g/mol. The molecular formula is C65H49NO. The topological polar surface area (TPSA) is 16.4 Å². The smallest absolute Gasteiger partial charge is 0.135 e. The van der Waals surface area contributed by atoms with Gasteiger partial charge in [-0.3, -0.25) is 0 Å². The number of rotatable bonds is 8. The summed E-state index contributed by atoms with van der Waals surface area (Å²) in [4.78, 5) is 2.51. The second kappa shape index (κ2) is 16.2. The molecule has 11 aromatic rings. The number of nitrogens with zero attached hydrogens (tertiary/aromatic N) is 1. The summed E-state index contributed by atoms with van der Waals surface area (Å²) in [7, 11) is 0. The third kappa shape index (κ3) is 6.46. The van der Waals surface area contributed by atoms with Crippen molar-refractivity contribution in [2.24, 2.45) is 0 Å². The molecule has 2 heteroatoms. The maximum atomic E-state index is 6.22. The molecule has 13 rings (SSSR count). The van der Waals surface area contributed by atoms with Crippen molar-refractivity contribution in [1.82, 2.24) is 0 Å². The molecule has 0 atom stereocenters. The number of benzene rings is 10. The molecule has 1 saturated carbocycles. The van der Waals surface area contributed by atoms with Crippen LogP contribution in [0.1, 0.15) is 65.8 Å². The summed E-state index contributed by atoms with van der Waals surface area (Å²) in [6.07, 6.45) is 6.40. The maximum absolute atomic E-state index is 6.22. The molecule has 1 heterocycles. The minimum Gasteiger partial charge on any atom is -0.456 e. The molecule has 0 unspecified atom stereocenters. The summed E-state index contributed by atoms with van der Waals surface area (Å²) in [6, 6.07) is 85.7. The fraction of sp³-hybridized carbons (Fsp3) is 0.108. The van der Waals surface area contributed by atoms with Gasteiger partial charge in [-0.1, -0.05) is 195 Å². The Bertz CT molecular complexity index is 3560. The van der Waals surface area contributed by atoms with Crippen molar-refractivity contribution in [1.29, 1.82) is 0 Å². The van der Waals surface area contributed by atoms with E-state index in [2.05, 4.69) is 223 Å². The quantitative estimate of drug-likeness (QED) is 0.151. The first-order valence-corrected chi connectivity index (χ1v) is 24.0. The van der Waals surface area contributed by atoms with E-state index in [1.165, 1.54) is 92.9 Å². The maximum Gasteiger partial charge on any atom is 0.135 e. The fourth-order valence-corrected chi connectivity index (χ4v) is 11.8. The van der Waals surface area contributed by atoms with E-state index in [-0.39, 0.29) is 0 Å². The highest BCUT2D eigenvalue weighted by Gasteiger charge is 2.47. The molecule has 0 spiro atoms. The lowest BCUT2D eigenvalue weighted by Gasteiger charge is -2.35. The molecule has 1 fully saturated rings. The van der Waals surface area contributed by atoms with E-state index >= 15 is 0 Å². The van der Waals surface area contributed by atoms with Gasteiger partial charge >= 0.3 is 0 Å². The van der Waals surface area contributed by atoms with E-state index in [0.29, 0.717) is 5.92 Å². The van der Waals surface area contributed by atoms with Crippen LogP contribution >= 0.6 is 0 Å². The Labute approximate surface area is 392 Å². The van der Waals surface area contributed by atoms with E-state index in [1.807, 2.05) is 12.1 Å². The number of hydrogen-bond acceptors (Lipinski definition) is 2. The normalized spacial score (nSPS) is 14.3. The summed E-state index contributed by atoms with van der Waals surface area (Å²) in [5.74, 6) is 0.549. The number of furan rings is 1. The predicted octanol–water partition coefficient (Wildman–Crippen LogP) is 18.0. The zero-order chi connectivity index (χ0) is 44.3. The molecule has 2 nitrogen and oxygen atoms in total. The number of para-hydroxylation sites is 1. The van der Waals surface area contributed by atoms with Crippen LogP contribution in [0.15, 0.2) is 235 Å². The monoisotopic (exact) mass is 859 g/mol. The van der Waals surface area contributed by atoms with Crippen LogP contribution in [0.3, 0.4) is 0 Å². The number of fused-ring (bicyclic) bond motifs is 7. The van der Waals surface area contributed by atoms with Gasteiger partial charge in [0.2, 0.25) is 0 Å². The van der Waals surface area contributed by atoms with Crippen molar-refractivity contribution in [3.63, 3.8) is 0 Å². The summed E-state index contributed by atoms with van der Waals surface area (Å²) in [5.41, 5.74) is 18.9. The summed E-state index contributed by atoms with van der Waals surface area (Å²) >= 11 is 0. The molecule has 67 heavy (non-hydrogen) atoms. The minimum atomic E-state index is -0.537. The van der Waals surface area contributed by atoms with E-state index in [4.69, 9.17) is 4.42 Å². The van der Waals surface area contributed by atoms with Gasteiger partial charge in [0.1, 0.15) is 11.2 Å². The van der Waals surface area contributed by atoms with Gasteiger partial charge < -0.3 is 9.32 Å². The van der Waals surface area contributed by atoms with Crippen molar-refractivity contribution in [3.8, 4) is 33.4 Å². The number of hydrogen-bond donors (Lipinski definition) is 0. The molecule has 2 aliphatic carbocycles. The third-order valence-corrected chi connectivity index (χ3v) is 14.9.